The van der Waals surface area contributed by atoms with Gasteiger partial charge in [0.15, 0.2) is 0 Å². The van der Waals surface area contributed by atoms with Gasteiger partial charge in [0.1, 0.15) is 18.1 Å². The first-order valence-corrected chi connectivity index (χ1v) is 10.1. The number of hydrogen-bond acceptors (Lipinski definition) is 7. The van der Waals surface area contributed by atoms with E-state index in [0.29, 0.717) is 6.42 Å². The van der Waals surface area contributed by atoms with Crippen LogP contribution in [0.3, 0.4) is 0 Å². The number of carboxylic acid groups (broad SMARTS) is 2. The number of nitrogens with one attached hydrogen (secondary N) is 3. The van der Waals surface area contributed by atoms with E-state index in [0.717, 1.165) is 0 Å². The molecule has 0 saturated carbocycles. The Balaban J connectivity index is 5.61. The van der Waals surface area contributed by atoms with Gasteiger partial charge in [-0.05, 0) is 11.8 Å². The highest BCUT2D eigenvalue weighted by atomic mass is 16.4. The Hall–Kier alpha value is -3.22. The average Bonchev–Trinajstić information content (AvgIpc) is 2.68. The monoisotopic (exact) mass is 459 g/mol. The van der Waals surface area contributed by atoms with Gasteiger partial charge in [0, 0.05) is 0 Å². The summed E-state index contributed by atoms with van der Waals surface area (Å²) in [6.45, 7) is 6.91. The second kappa shape index (κ2) is 13.2. The van der Waals surface area contributed by atoms with E-state index < -0.39 is 72.6 Å². The Morgan fingerprint density at radius 1 is 0.812 bits per heavy atom. The van der Waals surface area contributed by atoms with Crippen molar-refractivity contribution in [1.29, 1.82) is 0 Å². The molecule has 0 saturated heterocycles. The maximum atomic E-state index is 12.9. The number of carbonyl (C=O) groups excluding carboxylic acids is 4. The lowest BCUT2D eigenvalue weighted by atomic mass is 9.96. The van der Waals surface area contributed by atoms with Gasteiger partial charge >= 0.3 is 11.9 Å². The van der Waals surface area contributed by atoms with E-state index in [9.17, 15) is 28.8 Å². The number of hydrogen-bond donors (Lipinski definition) is 7. The Morgan fingerprint density at radius 2 is 1.34 bits per heavy atom. The molecule has 13 heteroatoms. The zero-order valence-corrected chi connectivity index (χ0v) is 18.6. The lowest BCUT2D eigenvalue weighted by molar-refractivity contribution is -0.147. The van der Waals surface area contributed by atoms with Crippen LogP contribution in [0.1, 0.15) is 47.0 Å². The maximum Gasteiger partial charge on any atom is 0.326 e. The van der Waals surface area contributed by atoms with Gasteiger partial charge in [-0.3, -0.25) is 24.0 Å². The largest absolute Gasteiger partial charge is 0.481 e. The van der Waals surface area contributed by atoms with Crippen molar-refractivity contribution in [2.45, 2.75) is 71.1 Å². The first-order valence-electron chi connectivity index (χ1n) is 10.1. The van der Waals surface area contributed by atoms with Crippen molar-refractivity contribution in [1.82, 2.24) is 16.0 Å². The first kappa shape index (κ1) is 28.8. The van der Waals surface area contributed by atoms with Crippen LogP contribution in [-0.2, 0) is 28.8 Å². The predicted octanol–water partition coefficient (Wildman–Crippen LogP) is -2.10. The lowest BCUT2D eigenvalue weighted by Crippen LogP contribution is -2.59. The average molecular weight is 460 g/mol. The van der Waals surface area contributed by atoms with Gasteiger partial charge < -0.3 is 37.6 Å². The second-order valence-electron chi connectivity index (χ2n) is 7.87. The Morgan fingerprint density at radius 3 is 1.75 bits per heavy atom. The molecule has 182 valence electrons. The molecule has 0 heterocycles. The van der Waals surface area contributed by atoms with Crippen molar-refractivity contribution in [3.8, 4) is 0 Å². The van der Waals surface area contributed by atoms with E-state index in [1.165, 1.54) is 0 Å². The fourth-order valence-corrected chi connectivity index (χ4v) is 2.57. The molecule has 0 aromatic carbocycles. The maximum absolute atomic E-state index is 12.9. The summed E-state index contributed by atoms with van der Waals surface area (Å²) in [6, 6.07) is -5.36. The number of amides is 4. The van der Waals surface area contributed by atoms with Crippen molar-refractivity contribution < 1.29 is 39.0 Å². The molecule has 32 heavy (non-hydrogen) atoms. The van der Waals surface area contributed by atoms with Gasteiger partial charge in [-0.2, -0.15) is 0 Å². The van der Waals surface area contributed by atoms with Crippen molar-refractivity contribution >= 4 is 35.6 Å². The molecule has 0 aliphatic heterocycles. The van der Waals surface area contributed by atoms with Crippen molar-refractivity contribution in [2.24, 2.45) is 23.3 Å². The topological polar surface area (TPSA) is 231 Å². The van der Waals surface area contributed by atoms with Crippen LogP contribution in [-0.4, -0.2) is 69.9 Å². The van der Waals surface area contributed by atoms with E-state index in [4.69, 9.17) is 21.7 Å². The quantitative estimate of drug-likeness (QED) is 0.151. The third kappa shape index (κ3) is 9.73. The van der Waals surface area contributed by atoms with Crippen LogP contribution in [0, 0.1) is 11.8 Å². The number of nitrogens with two attached hydrogens (primary N) is 2. The zero-order valence-electron chi connectivity index (χ0n) is 18.6. The van der Waals surface area contributed by atoms with Crippen LogP contribution in [0.5, 0.6) is 0 Å². The Kier molecular flexibility index (Phi) is 11.9. The highest BCUT2D eigenvalue weighted by Crippen LogP contribution is 2.10. The lowest BCUT2D eigenvalue weighted by Gasteiger charge is -2.28. The van der Waals surface area contributed by atoms with Crippen molar-refractivity contribution in [2.75, 3.05) is 0 Å². The molecule has 0 bridgehead atoms. The fourth-order valence-electron chi connectivity index (χ4n) is 2.57. The molecule has 0 radical (unpaired) electrons. The molecule has 9 N–H and O–H groups in total. The van der Waals surface area contributed by atoms with Crippen LogP contribution < -0.4 is 27.4 Å². The number of carboxylic acids is 2. The smallest absolute Gasteiger partial charge is 0.326 e. The zero-order chi connectivity index (χ0) is 25.2. The van der Waals surface area contributed by atoms with Crippen molar-refractivity contribution in [3.05, 3.63) is 0 Å². The highest BCUT2D eigenvalue weighted by molar-refractivity contribution is 5.96. The SMILES string of the molecule is CCC(C)C(NC(=O)C(N)C(C)C)C(=O)NC(CC(N)=O)C(=O)NC(CC(=O)O)C(=O)O. The summed E-state index contributed by atoms with van der Waals surface area (Å²) in [5.74, 6) is -7.15. The molecule has 0 aliphatic rings. The number of aliphatic carboxylic acids is 2. The van der Waals surface area contributed by atoms with Gasteiger partial charge in [0.25, 0.3) is 0 Å². The van der Waals surface area contributed by atoms with Crippen LogP contribution in [0.4, 0.5) is 0 Å². The minimum atomic E-state index is -1.79. The number of primary amides is 1. The molecular formula is C19H33N5O8. The van der Waals surface area contributed by atoms with Crippen LogP contribution in [0.2, 0.25) is 0 Å². The van der Waals surface area contributed by atoms with E-state index in [1.54, 1.807) is 27.7 Å². The van der Waals surface area contributed by atoms with Gasteiger partial charge in [-0.1, -0.05) is 34.1 Å². The number of carbonyl (C=O) groups is 6. The Bertz CT molecular complexity index is 727. The second-order valence-corrected chi connectivity index (χ2v) is 7.87. The van der Waals surface area contributed by atoms with Crippen molar-refractivity contribution in [3.63, 3.8) is 0 Å². The highest BCUT2D eigenvalue weighted by Gasteiger charge is 2.33. The van der Waals surface area contributed by atoms with Crippen LogP contribution in [0.25, 0.3) is 0 Å². The van der Waals surface area contributed by atoms with Gasteiger partial charge in [-0.25, -0.2) is 4.79 Å². The number of rotatable bonds is 14. The van der Waals surface area contributed by atoms with Crippen LogP contribution >= 0.6 is 0 Å². The summed E-state index contributed by atoms with van der Waals surface area (Å²) in [5.41, 5.74) is 10.9. The molecule has 0 aromatic heterocycles. The van der Waals surface area contributed by atoms with Gasteiger partial charge in [0.05, 0.1) is 18.9 Å². The van der Waals surface area contributed by atoms with E-state index in [1.807, 2.05) is 5.32 Å². The fraction of sp³-hybridized carbons (Fsp3) is 0.684. The molecule has 0 spiro atoms. The summed E-state index contributed by atoms with van der Waals surface area (Å²) in [6.07, 6.45) is -1.12. The van der Waals surface area contributed by atoms with Gasteiger partial charge in [0.2, 0.25) is 23.6 Å². The summed E-state index contributed by atoms with van der Waals surface area (Å²) in [5, 5.41) is 24.7. The summed E-state index contributed by atoms with van der Waals surface area (Å²) in [4.78, 5) is 71.1. The predicted molar refractivity (Wildman–Crippen MR) is 112 cm³/mol. The minimum absolute atomic E-state index is 0.203. The molecule has 5 unspecified atom stereocenters. The molecule has 0 aliphatic carbocycles. The van der Waals surface area contributed by atoms with Gasteiger partial charge in [-0.15, -0.1) is 0 Å². The molecule has 0 rings (SSSR count). The summed E-state index contributed by atoms with van der Waals surface area (Å²) < 4.78 is 0. The molecule has 13 nitrogen and oxygen atoms in total. The minimum Gasteiger partial charge on any atom is -0.481 e. The third-order valence-electron chi connectivity index (χ3n) is 4.85. The summed E-state index contributed by atoms with van der Waals surface area (Å²) in [7, 11) is 0. The summed E-state index contributed by atoms with van der Waals surface area (Å²) >= 11 is 0. The Labute approximate surface area is 185 Å². The standard InChI is InChI=1S/C19H33N5O8/c1-5-9(4)15(24-17(29)14(21)8(2)3)18(30)22-10(6-12(20)25)16(28)23-11(19(31)32)7-13(26)27/h8-11,14-15H,5-7,21H2,1-4H3,(H2,20,25)(H,22,30)(H,23,28)(H,24,29)(H,26,27)(H,31,32). The van der Waals surface area contributed by atoms with E-state index in [-0.39, 0.29) is 11.8 Å². The van der Waals surface area contributed by atoms with E-state index in [2.05, 4.69) is 10.6 Å². The first-order chi connectivity index (χ1) is 14.7. The molecule has 0 aromatic rings. The van der Waals surface area contributed by atoms with Crippen LogP contribution in [0.15, 0.2) is 0 Å². The normalized spacial score (nSPS) is 15.6. The molecule has 4 amide bonds. The van der Waals surface area contributed by atoms with E-state index >= 15 is 0 Å². The molecule has 0 fully saturated rings. The molecular weight excluding hydrogens is 426 g/mol. The third-order valence-corrected chi connectivity index (χ3v) is 4.85. The molecule has 5 atom stereocenters.